The fraction of sp³-hybridized carbons (Fsp3) is 0.235. The van der Waals surface area contributed by atoms with Crippen molar-refractivity contribution < 1.29 is 4.79 Å². The number of rotatable bonds is 5. The quantitative estimate of drug-likeness (QED) is 0.848. The number of hydrogen-bond donors (Lipinski definition) is 1. The molecule has 2 rings (SSSR count). The Labute approximate surface area is 120 Å². The van der Waals surface area contributed by atoms with Crippen molar-refractivity contribution in [1.82, 2.24) is 0 Å². The van der Waals surface area contributed by atoms with E-state index in [-0.39, 0.29) is 5.78 Å². The predicted octanol–water partition coefficient (Wildman–Crippen LogP) is 2.69. The summed E-state index contributed by atoms with van der Waals surface area (Å²) in [6.45, 7) is 0. The minimum absolute atomic E-state index is 0.200. The van der Waals surface area contributed by atoms with E-state index in [0.29, 0.717) is 18.5 Å². The van der Waals surface area contributed by atoms with E-state index in [2.05, 4.69) is 6.07 Å². The summed E-state index contributed by atoms with van der Waals surface area (Å²) in [4.78, 5) is 14.2. The van der Waals surface area contributed by atoms with Crippen molar-refractivity contribution in [3.8, 4) is 0 Å². The molecule has 0 aromatic heterocycles. The summed E-state index contributed by atoms with van der Waals surface area (Å²) < 4.78 is 0. The third-order valence-corrected chi connectivity index (χ3v) is 3.18. The second kappa shape index (κ2) is 6.24. The minimum atomic E-state index is 0.200. The Hall–Kier alpha value is -2.29. The van der Waals surface area contributed by atoms with Crippen molar-refractivity contribution in [1.29, 1.82) is 0 Å². The van der Waals surface area contributed by atoms with Gasteiger partial charge in [0.15, 0.2) is 0 Å². The number of Topliss-reactive ketones (excluding diaryl/α,β-unsaturated/α-hetero) is 1. The Morgan fingerprint density at radius 3 is 2.20 bits per heavy atom. The third kappa shape index (κ3) is 3.85. The first kappa shape index (κ1) is 14.1. The molecule has 0 bridgehead atoms. The van der Waals surface area contributed by atoms with E-state index in [4.69, 9.17) is 5.73 Å². The average Bonchev–Trinajstić information content (AvgIpc) is 2.38. The highest BCUT2D eigenvalue weighted by molar-refractivity contribution is 5.83. The van der Waals surface area contributed by atoms with Gasteiger partial charge in [-0.15, -0.1) is 0 Å². The molecule has 0 saturated carbocycles. The van der Waals surface area contributed by atoms with E-state index < -0.39 is 0 Å². The Morgan fingerprint density at radius 1 is 1.00 bits per heavy atom. The molecule has 20 heavy (non-hydrogen) atoms. The van der Waals surface area contributed by atoms with Crippen LogP contribution in [0.4, 0.5) is 11.4 Å². The summed E-state index contributed by atoms with van der Waals surface area (Å²) in [6.07, 6.45) is 0.883. The zero-order chi connectivity index (χ0) is 14.5. The highest BCUT2D eigenvalue weighted by Gasteiger charge is 2.06. The van der Waals surface area contributed by atoms with Crippen molar-refractivity contribution in [3.63, 3.8) is 0 Å². The topological polar surface area (TPSA) is 46.3 Å². The van der Waals surface area contributed by atoms with Gasteiger partial charge >= 0.3 is 0 Å². The average molecular weight is 268 g/mol. The van der Waals surface area contributed by atoms with Gasteiger partial charge in [0, 0.05) is 38.3 Å². The van der Waals surface area contributed by atoms with Gasteiger partial charge in [0.05, 0.1) is 0 Å². The van der Waals surface area contributed by atoms with E-state index >= 15 is 0 Å². The number of carbonyl (C=O) groups excluding carboxylic acids is 1. The number of carbonyl (C=O) groups is 1. The van der Waals surface area contributed by atoms with E-state index in [1.54, 1.807) is 0 Å². The van der Waals surface area contributed by atoms with Crippen molar-refractivity contribution >= 4 is 17.2 Å². The molecule has 0 atom stereocenters. The van der Waals surface area contributed by atoms with Crippen LogP contribution in [0.1, 0.15) is 11.1 Å². The number of nitrogens with two attached hydrogens (primary N) is 1. The Balaban J connectivity index is 2.03. The van der Waals surface area contributed by atoms with Crippen molar-refractivity contribution in [2.24, 2.45) is 0 Å². The molecule has 0 aliphatic heterocycles. The van der Waals surface area contributed by atoms with E-state index in [9.17, 15) is 4.79 Å². The van der Waals surface area contributed by atoms with Crippen LogP contribution in [0.15, 0.2) is 48.5 Å². The first-order chi connectivity index (χ1) is 9.54. The van der Waals surface area contributed by atoms with Crippen LogP contribution in [0.25, 0.3) is 0 Å². The molecule has 3 nitrogen and oxygen atoms in total. The van der Waals surface area contributed by atoms with Gasteiger partial charge in [-0.2, -0.15) is 0 Å². The standard InChI is InChI=1S/C17H20N2O/c1-19(2)16-8-4-6-14(10-16)12-17(20)11-13-5-3-7-15(18)9-13/h3-10H,11-12,18H2,1-2H3. The summed E-state index contributed by atoms with van der Waals surface area (Å²) in [6, 6.07) is 15.6. The second-order valence-electron chi connectivity index (χ2n) is 5.20. The van der Waals surface area contributed by atoms with Crippen LogP contribution < -0.4 is 10.6 Å². The fourth-order valence-electron chi connectivity index (χ4n) is 2.17. The molecular formula is C17H20N2O. The number of hydrogen-bond acceptors (Lipinski definition) is 3. The van der Waals surface area contributed by atoms with Gasteiger partial charge in [-0.1, -0.05) is 24.3 Å². The lowest BCUT2D eigenvalue weighted by Crippen LogP contribution is -2.10. The van der Waals surface area contributed by atoms with E-state index in [1.165, 1.54) is 0 Å². The molecule has 0 saturated heterocycles. The molecule has 0 fully saturated rings. The Morgan fingerprint density at radius 2 is 1.60 bits per heavy atom. The molecule has 0 amide bonds. The molecule has 0 spiro atoms. The summed E-state index contributed by atoms with van der Waals surface area (Å²) in [5.74, 6) is 0.200. The highest BCUT2D eigenvalue weighted by atomic mass is 16.1. The molecule has 104 valence electrons. The maximum atomic E-state index is 12.1. The number of nitrogen functional groups attached to an aromatic ring is 1. The Kier molecular flexibility index (Phi) is 4.41. The maximum absolute atomic E-state index is 12.1. The van der Waals surface area contributed by atoms with Crippen molar-refractivity contribution in [2.45, 2.75) is 12.8 Å². The van der Waals surface area contributed by atoms with Gasteiger partial charge in [0.2, 0.25) is 0 Å². The number of nitrogens with zero attached hydrogens (tertiary/aromatic N) is 1. The van der Waals surface area contributed by atoms with Gasteiger partial charge in [0.25, 0.3) is 0 Å². The molecule has 0 radical (unpaired) electrons. The van der Waals surface area contributed by atoms with Gasteiger partial charge in [0.1, 0.15) is 5.78 Å². The summed E-state index contributed by atoms with van der Waals surface area (Å²) in [5, 5.41) is 0. The van der Waals surface area contributed by atoms with Crippen molar-refractivity contribution in [2.75, 3.05) is 24.7 Å². The molecule has 0 heterocycles. The first-order valence-corrected chi connectivity index (χ1v) is 6.67. The number of ketones is 1. The van der Waals surface area contributed by atoms with Crippen LogP contribution >= 0.6 is 0 Å². The zero-order valence-corrected chi connectivity index (χ0v) is 12.0. The summed E-state index contributed by atoms with van der Waals surface area (Å²) >= 11 is 0. The number of anilines is 2. The van der Waals surface area contributed by atoms with Crippen LogP contribution in [0.3, 0.4) is 0 Å². The molecule has 2 aromatic rings. The third-order valence-electron chi connectivity index (χ3n) is 3.18. The summed E-state index contributed by atoms with van der Waals surface area (Å²) in [5.41, 5.74) is 9.55. The minimum Gasteiger partial charge on any atom is -0.399 e. The monoisotopic (exact) mass is 268 g/mol. The first-order valence-electron chi connectivity index (χ1n) is 6.67. The van der Waals surface area contributed by atoms with Crippen LogP contribution in [0.5, 0.6) is 0 Å². The maximum Gasteiger partial charge on any atom is 0.141 e. The second-order valence-corrected chi connectivity index (χ2v) is 5.20. The fourth-order valence-corrected chi connectivity index (χ4v) is 2.17. The molecular weight excluding hydrogens is 248 g/mol. The normalized spacial score (nSPS) is 10.3. The van der Waals surface area contributed by atoms with Crippen LogP contribution in [-0.2, 0) is 17.6 Å². The lowest BCUT2D eigenvalue weighted by Gasteiger charge is -2.13. The van der Waals surface area contributed by atoms with Crippen molar-refractivity contribution in [3.05, 3.63) is 59.7 Å². The molecule has 3 heteroatoms. The summed E-state index contributed by atoms with van der Waals surface area (Å²) in [7, 11) is 3.99. The van der Waals surface area contributed by atoms with Crippen LogP contribution in [0.2, 0.25) is 0 Å². The van der Waals surface area contributed by atoms with E-state index in [1.807, 2.05) is 61.5 Å². The SMILES string of the molecule is CN(C)c1cccc(CC(=O)Cc2cccc(N)c2)c1. The molecule has 0 aliphatic rings. The van der Waals surface area contributed by atoms with Gasteiger partial charge in [-0.3, -0.25) is 4.79 Å². The molecule has 2 aromatic carbocycles. The Bertz CT molecular complexity index is 605. The lowest BCUT2D eigenvalue weighted by atomic mass is 10.0. The molecule has 2 N–H and O–H groups in total. The van der Waals surface area contributed by atoms with Gasteiger partial charge < -0.3 is 10.6 Å². The smallest absolute Gasteiger partial charge is 0.141 e. The van der Waals surface area contributed by atoms with Crippen LogP contribution in [0, 0.1) is 0 Å². The molecule has 0 aliphatic carbocycles. The van der Waals surface area contributed by atoms with Gasteiger partial charge in [-0.25, -0.2) is 0 Å². The predicted molar refractivity (Wildman–Crippen MR) is 84.0 cm³/mol. The van der Waals surface area contributed by atoms with E-state index in [0.717, 1.165) is 16.8 Å². The van der Waals surface area contributed by atoms with Crippen LogP contribution in [-0.4, -0.2) is 19.9 Å². The van der Waals surface area contributed by atoms with Gasteiger partial charge in [-0.05, 0) is 35.4 Å². The largest absolute Gasteiger partial charge is 0.399 e. The molecule has 0 unspecified atom stereocenters. The number of benzene rings is 2. The zero-order valence-electron chi connectivity index (χ0n) is 12.0. The lowest BCUT2D eigenvalue weighted by molar-refractivity contribution is -0.117. The highest BCUT2D eigenvalue weighted by Crippen LogP contribution is 2.15.